The molecular weight excluding hydrogens is 454 g/mol. The monoisotopic (exact) mass is 485 g/mol. The van der Waals surface area contributed by atoms with Crippen molar-refractivity contribution in [1.82, 2.24) is 4.98 Å². The highest BCUT2D eigenvalue weighted by atomic mass is 16.5. The number of nitrogens with zero attached hydrogens (tertiary/aromatic N) is 1. The van der Waals surface area contributed by atoms with Crippen molar-refractivity contribution < 1.29 is 23.8 Å². The third-order valence-corrected chi connectivity index (χ3v) is 5.97. The molecule has 1 unspecified atom stereocenters. The number of carbonyl (C=O) groups is 1. The number of aryl methyl sites for hydroxylation is 1. The minimum Gasteiger partial charge on any atom is -0.493 e. The molecule has 3 aromatic carbocycles. The first-order valence-electron chi connectivity index (χ1n) is 12.2. The minimum atomic E-state index is -0.919. The first-order chi connectivity index (χ1) is 17.5. The number of benzene rings is 3. The third-order valence-electron chi connectivity index (χ3n) is 5.97. The Hall–Kier alpha value is -4.06. The Bertz CT molecular complexity index is 1240. The van der Waals surface area contributed by atoms with E-state index in [0.29, 0.717) is 18.2 Å². The van der Waals surface area contributed by atoms with E-state index in [2.05, 4.69) is 24.9 Å². The lowest BCUT2D eigenvalue weighted by Gasteiger charge is -2.23. The fourth-order valence-electron chi connectivity index (χ4n) is 4.11. The average molecular weight is 486 g/mol. The van der Waals surface area contributed by atoms with Gasteiger partial charge in [0.05, 0.1) is 25.1 Å². The van der Waals surface area contributed by atoms with E-state index in [-0.39, 0.29) is 12.5 Å². The van der Waals surface area contributed by atoms with Gasteiger partial charge in [0.25, 0.3) is 0 Å². The maximum atomic E-state index is 11.5. The van der Waals surface area contributed by atoms with Gasteiger partial charge in [0.15, 0.2) is 6.10 Å². The number of ether oxygens (including phenoxy) is 2. The van der Waals surface area contributed by atoms with Crippen LogP contribution in [0.15, 0.2) is 89.7 Å². The van der Waals surface area contributed by atoms with Crippen LogP contribution in [0.2, 0.25) is 0 Å². The molecule has 6 nitrogen and oxygen atoms in total. The normalized spacial score (nSPS) is 12.6. The van der Waals surface area contributed by atoms with Crippen LogP contribution in [0.4, 0.5) is 0 Å². The summed E-state index contributed by atoms with van der Waals surface area (Å²) in [5.74, 6) is 0.450. The second kappa shape index (κ2) is 12.1. The summed E-state index contributed by atoms with van der Waals surface area (Å²) in [5.41, 5.74) is 3.89. The Balaban J connectivity index is 1.65. The molecular formula is C30H31NO5. The predicted octanol–water partition coefficient (Wildman–Crippen LogP) is 6.94. The summed E-state index contributed by atoms with van der Waals surface area (Å²) in [6.45, 7) is 4.85. The molecule has 0 radical (unpaired) electrons. The lowest BCUT2D eigenvalue weighted by molar-refractivity contribution is -0.137. The number of unbranched alkanes of at least 4 members (excludes halogenated alkanes) is 1. The molecule has 0 aliphatic carbocycles. The van der Waals surface area contributed by atoms with Gasteiger partial charge >= 0.3 is 5.97 Å². The zero-order valence-corrected chi connectivity index (χ0v) is 20.6. The summed E-state index contributed by atoms with van der Waals surface area (Å²) in [5, 5.41) is 9.39. The average Bonchev–Trinajstić information content (AvgIpc) is 3.43. The molecule has 0 saturated carbocycles. The van der Waals surface area contributed by atoms with Gasteiger partial charge in [0, 0.05) is 5.56 Å². The van der Waals surface area contributed by atoms with E-state index in [1.165, 1.54) is 12.5 Å². The zero-order chi connectivity index (χ0) is 25.3. The summed E-state index contributed by atoms with van der Waals surface area (Å²) in [7, 11) is 0. The van der Waals surface area contributed by atoms with E-state index in [4.69, 9.17) is 13.9 Å². The third kappa shape index (κ3) is 6.33. The molecule has 0 fully saturated rings. The van der Waals surface area contributed by atoms with Crippen LogP contribution in [0.5, 0.6) is 11.5 Å². The van der Waals surface area contributed by atoms with E-state index in [1.54, 1.807) is 0 Å². The molecule has 1 aromatic heterocycles. The number of hydrogen-bond donors (Lipinski definition) is 1. The van der Waals surface area contributed by atoms with Gasteiger partial charge in [-0.1, -0.05) is 67.4 Å². The van der Waals surface area contributed by atoms with Gasteiger partial charge in [0.1, 0.15) is 17.8 Å². The summed E-state index contributed by atoms with van der Waals surface area (Å²) in [6, 6.07) is 23.7. The quantitative estimate of drug-likeness (QED) is 0.219. The van der Waals surface area contributed by atoms with E-state index >= 15 is 0 Å². The number of carboxylic acids is 1. The standard InChI is InChI=1S/C30H31NO5/c1-3-4-17-34-27-15-10-21(2)19-26(27)29(23-8-6-5-7-9-23)36-24-13-11-22(12-14-24)25(20-28(32)33)30-31-16-18-35-30/h5-16,18-19,25,29H,3-4,17,20H2,1-2H3,(H,32,33)/t25?,29-/m0/s1. The van der Waals surface area contributed by atoms with Crippen molar-refractivity contribution in [3.05, 3.63) is 113 Å². The molecule has 4 rings (SSSR count). The molecule has 6 heteroatoms. The second-order valence-corrected chi connectivity index (χ2v) is 8.74. The Labute approximate surface area is 211 Å². The highest BCUT2D eigenvalue weighted by molar-refractivity contribution is 5.68. The molecule has 2 atom stereocenters. The predicted molar refractivity (Wildman–Crippen MR) is 138 cm³/mol. The van der Waals surface area contributed by atoms with E-state index in [0.717, 1.165) is 40.8 Å². The number of carboxylic acid groups (broad SMARTS) is 1. The highest BCUT2D eigenvalue weighted by Crippen LogP contribution is 2.36. The van der Waals surface area contributed by atoms with Crippen LogP contribution < -0.4 is 9.47 Å². The molecule has 0 aliphatic rings. The van der Waals surface area contributed by atoms with Gasteiger partial charge in [-0.2, -0.15) is 0 Å². The Kier molecular flexibility index (Phi) is 8.40. The first-order valence-corrected chi connectivity index (χ1v) is 12.2. The molecule has 0 aliphatic heterocycles. The lowest BCUT2D eigenvalue weighted by atomic mass is 9.95. The van der Waals surface area contributed by atoms with Crippen LogP contribution in [0, 0.1) is 6.92 Å². The summed E-state index contributed by atoms with van der Waals surface area (Å²) < 4.78 is 18.1. The van der Waals surface area contributed by atoms with Crippen LogP contribution in [-0.2, 0) is 4.79 Å². The zero-order valence-electron chi connectivity index (χ0n) is 20.6. The van der Waals surface area contributed by atoms with Crippen molar-refractivity contribution in [2.75, 3.05) is 6.61 Å². The van der Waals surface area contributed by atoms with E-state index in [9.17, 15) is 9.90 Å². The van der Waals surface area contributed by atoms with Gasteiger partial charge in [-0.25, -0.2) is 4.98 Å². The molecule has 0 saturated heterocycles. The van der Waals surface area contributed by atoms with Gasteiger partial charge in [-0.15, -0.1) is 0 Å². The van der Waals surface area contributed by atoms with Gasteiger partial charge in [-0.05, 0) is 48.7 Å². The molecule has 4 aromatic rings. The van der Waals surface area contributed by atoms with Crippen LogP contribution in [0.1, 0.15) is 66.4 Å². The number of hydrogen-bond acceptors (Lipinski definition) is 5. The number of rotatable bonds is 12. The molecule has 0 spiro atoms. The van der Waals surface area contributed by atoms with Crippen LogP contribution >= 0.6 is 0 Å². The summed E-state index contributed by atoms with van der Waals surface area (Å²) in [6.07, 6.45) is 4.52. The molecule has 1 heterocycles. The Morgan fingerprint density at radius 1 is 1.03 bits per heavy atom. The fourth-order valence-corrected chi connectivity index (χ4v) is 4.11. The lowest BCUT2D eigenvalue weighted by Crippen LogP contribution is -2.12. The molecule has 0 amide bonds. The van der Waals surface area contributed by atoms with Crippen LogP contribution in [0.25, 0.3) is 0 Å². The Morgan fingerprint density at radius 2 is 1.81 bits per heavy atom. The number of oxazole rings is 1. The van der Waals surface area contributed by atoms with Crippen molar-refractivity contribution >= 4 is 5.97 Å². The highest BCUT2D eigenvalue weighted by Gasteiger charge is 2.24. The molecule has 186 valence electrons. The molecule has 0 bridgehead atoms. The largest absolute Gasteiger partial charge is 0.493 e. The smallest absolute Gasteiger partial charge is 0.304 e. The SMILES string of the molecule is CCCCOc1ccc(C)cc1[C@@H](Oc1ccc(C(CC(=O)O)c2ncco2)cc1)c1ccccc1. The molecule has 1 N–H and O–H groups in total. The van der Waals surface area contributed by atoms with Crippen molar-refractivity contribution in [3.8, 4) is 11.5 Å². The van der Waals surface area contributed by atoms with E-state index < -0.39 is 11.9 Å². The Morgan fingerprint density at radius 3 is 2.47 bits per heavy atom. The summed E-state index contributed by atoms with van der Waals surface area (Å²) in [4.78, 5) is 15.6. The van der Waals surface area contributed by atoms with Crippen LogP contribution in [-0.4, -0.2) is 22.7 Å². The van der Waals surface area contributed by atoms with Gasteiger partial charge in [-0.3, -0.25) is 4.79 Å². The van der Waals surface area contributed by atoms with Crippen molar-refractivity contribution in [2.45, 2.75) is 45.1 Å². The number of aliphatic carboxylic acids is 1. The van der Waals surface area contributed by atoms with Crippen molar-refractivity contribution in [3.63, 3.8) is 0 Å². The van der Waals surface area contributed by atoms with Crippen LogP contribution in [0.3, 0.4) is 0 Å². The first kappa shape index (κ1) is 25.0. The van der Waals surface area contributed by atoms with Gasteiger partial charge < -0.3 is 19.0 Å². The second-order valence-electron chi connectivity index (χ2n) is 8.74. The summed E-state index contributed by atoms with van der Waals surface area (Å²) >= 11 is 0. The van der Waals surface area contributed by atoms with Crippen molar-refractivity contribution in [1.29, 1.82) is 0 Å². The fraction of sp³-hybridized carbons (Fsp3) is 0.267. The number of aromatic nitrogens is 1. The minimum absolute atomic E-state index is 0.116. The topological polar surface area (TPSA) is 81.8 Å². The molecule has 36 heavy (non-hydrogen) atoms. The van der Waals surface area contributed by atoms with Gasteiger partial charge in [0.2, 0.25) is 5.89 Å². The van der Waals surface area contributed by atoms with E-state index in [1.807, 2.05) is 66.7 Å². The maximum absolute atomic E-state index is 11.5. The maximum Gasteiger partial charge on any atom is 0.304 e. The van der Waals surface area contributed by atoms with Crippen molar-refractivity contribution in [2.24, 2.45) is 0 Å².